The van der Waals surface area contributed by atoms with Crippen LogP contribution >= 0.6 is 23.1 Å². The van der Waals surface area contributed by atoms with Crippen LogP contribution in [0.15, 0.2) is 39.0 Å². The van der Waals surface area contributed by atoms with E-state index in [1.165, 1.54) is 35.2 Å². The second-order valence-electron chi connectivity index (χ2n) is 4.59. The second kappa shape index (κ2) is 6.81. The molecule has 1 aromatic heterocycles. The zero-order valence-corrected chi connectivity index (χ0v) is 13.0. The number of nitrogens with zero attached hydrogens (tertiary/aromatic N) is 1. The number of rotatable bonds is 5. The van der Waals surface area contributed by atoms with E-state index in [0.29, 0.717) is 11.3 Å². The van der Waals surface area contributed by atoms with Crippen molar-refractivity contribution in [2.75, 3.05) is 0 Å². The van der Waals surface area contributed by atoms with Gasteiger partial charge in [0.1, 0.15) is 0 Å². The van der Waals surface area contributed by atoms with Gasteiger partial charge in [0.25, 0.3) is 0 Å². The van der Waals surface area contributed by atoms with E-state index in [1.807, 2.05) is 6.92 Å². The Labute approximate surface area is 129 Å². The lowest BCUT2D eigenvalue weighted by Gasteiger charge is -2.16. The van der Waals surface area contributed by atoms with E-state index in [0.717, 1.165) is 4.34 Å². The SMILES string of the molecule is CCC(N)Cc1ccc(Sc2nccs2)cc1C(F)(F)F. The van der Waals surface area contributed by atoms with Gasteiger partial charge in [-0.3, -0.25) is 0 Å². The van der Waals surface area contributed by atoms with E-state index in [4.69, 9.17) is 5.73 Å². The molecule has 114 valence electrons. The summed E-state index contributed by atoms with van der Waals surface area (Å²) in [5.41, 5.74) is 5.43. The normalized spacial score (nSPS) is 13.4. The number of hydrogen-bond acceptors (Lipinski definition) is 4. The average Bonchev–Trinajstić information content (AvgIpc) is 2.92. The Bertz CT molecular complexity index is 582. The zero-order valence-electron chi connectivity index (χ0n) is 11.4. The van der Waals surface area contributed by atoms with Crippen LogP contribution in [0.2, 0.25) is 0 Å². The minimum Gasteiger partial charge on any atom is -0.327 e. The Morgan fingerprint density at radius 3 is 2.71 bits per heavy atom. The Balaban J connectivity index is 2.30. The number of alkyl halides is 3. The quantitative estimate of drug-likeness (QED) is 0.870. The van der Waals surface area contributed by atoms with Crippen LogP contribution in [0.25, 0.3) is 0 Å². The third-order valence-corrected chi connectivity index (χ3v) is 4.88. The molecule has 1 unspecified atom stereocenters. The highest BCUT2D eigenvalue weighted by Gasteiger charge is 2.33. The molecule has 1 aromatic carbocycles. The monoisotopic (exact) mass is 332 g/mol. The minimum absolute atomic E-state index is 0.230. The van der Waals surface area contributed by atoms with Gasteiger partial charge in [0.2, 0.25) is 0 Å². The van der Waals surface area contributed by atoms with Crippen molar-refractivity contribution < 1.29 is 13.2 Å². The number of aromatic nitrogens is 1. The molecule has 0 amide bonds. The topological polar surface area (TPSA) is 38.9 Å². The minimum atomic E-state index is -4.37. The summed E-state index contributed by atoms with van der Waals surface area (Å²) in [6.07, 6.45) is -1.87. The molecule has 1 atom stereocenters. The first-order valence-corrected chi connectivity index (χ1v) is 8.12. The lowest BCUT2D eigenvalue weighted by molar-refractivity contribution is -0.138. The van der Waals surface area contributed by atoms with Gasteiger partial charge >= 0.3 is 6.18 Å². The molecule has 0 fully saturated rings. The van der Waals surface area contributed by atoms with Gasteiger partial charge in [-0.15, -0.1) is 11.3 Å². The van der Waals surface area contributed by atoms with Crippen LogP contribution in [0.5, 0.6) is 0 Å². The van der Waals surface area contributed by atoms with Crippen molar-refractivity contribution in [3.63, 3.8) is 0 Å². The van der Waals surface area contributed by atoms with E-state index < -0.39 is 11.7 Å². The van der Waals surface area contributed by atoms with Crippen molar-refractivity contribution in [3.05, 3.63) is 40.9 Å². The fourth-order valence-electron chi connectivity index (χ4n) is 1.85. The molecule has 21 heavy (non-hydrogen) atoms. The standard InChI is InChI=1S/C14H15F3N2S2/c1-2-10(18)7-9-3-4-11(8-12(9)14(15,16)17)21-13-19-5-6-20-13/h3-6,8,10H,2,7,18H2,1H3. The van der Waals surface area contributed by atoms with Gasteiger partial charge in [0, 0.05) is 22.5 Å². The third kappa shape index (κ3) is 4.46. The van der Waals surface area contributed by atoms with Gasteiger partial charge in [-0.1, -0.05) is 24.8 Å². The van der Waals surface area contributed by atoms with Crippen LogP contribution in [-0.2, 0) is 12.6 Å². The molecule has 0 aliphatic carbocycles. The molecule has 7 heteroatoms. The lowest BCUT2D eigenvalue weighted by atomic mass is 9.99. The van der Waals surface area contributed by atoms with Crippen LogP contribution in [-0.4, -0.2) is 11.0 Å². The fourth-order valence-corrected chi connectivity index (χ4v) is 3.49. The summed E-state index contributed by atoms with van der Waals surface area (Å²) in [6.45, 7) is 1.87. The van der Waals surface area contributed by atoms with Gasteiger partial charge in [-0.2, -0.15) is 13.2 Å². The number of benzene rings is 1. The summed E-state index contributed by atoms with van der Waals surface area (Å²) in [5.74, 6) is 0. The smallest absolute Gasteiger partial charge is 0.327 e. The molecule has 2 nitrogen and oxygen atoms in total. The van der Waals surface area contributed by atoms with Crippen molar-refractivity contribution >= 4 is 23.1 Å². The van der Waals surface area contributed by atoms with E-state index in [9.17, 15) is 13.2 Å². The summed E-state index contributed by atoms with van der Waals surface area (Å²) >= 11 is 2.63. The maximum absolute atomic E-state index is 13.2. The highest BCUT2D eigenvalue weighted by atomic mass is 32.2. The molecule has 2 aromatic rings. The summed E-state index contributed by atoms with van der Waals surface area (Å²) in [7, 11) is 0. The van der Waals surface area contributed by atoms with Gasteiger partial charge < -0.3 is 5.73 Å². The first kappa shape index (κ1) is 16.3. The highest BCUT2D eigenvalue weighted by Crippen LogP contribution is 2.37. The molecule has 0 radical (unpaired) electrons. The van der Waals surface area contributed by atoms with Gasteiger partial charge in [-0.05, 0) is 30.5 Å². The fraction of sp³-hybridized carbons (Fsp3) is 0.357. The number of nitrogens with two attached hydrogens (primary N) is 1. The van der Waals surface area contributed by atoms with Crippen LogP contribution in [0.1, 0.15) is 24.5 Å². The first-order chi connectivity index (χ1) is 9.90. The van der Waals surface area contributed by atoms with Crippen LogP contribution in [0.3, 0.4) is 0 Å². The molecule has 1 heterocycles. The van der Waals surface area contributed by atoms with Crippen LogP contribution in [0.4, 0.5) is 13.2 Å². The number of halogens is 3. The van der Waals surface area contributed by atoms with E-state index in [1.54, 1.807) is 17.6 Å². The highest BCUT2D eigenvalue weighted by molar-refractivity contribution is 8.01. The first-order valence-electron chi connectivity index (χ1n) is 6.43. The zero-order chi connectivity index (χ0) is 15.5. The van der Waals surface area contributed by atoms with E-state index in [-0.39, 0.29) is 18.0 Å². The van der Waals surface area contributed by atoms with Gasteiger partial charge in [0.05, 0.1) is 5.56 Å². The Morgan fingerprint density at radius 2 is 2.14 bits per heavy atom. The average molecular weight is 332 g/mol. The predicted octanol–water partition coefficient (Wildman–Crippen LogP) is 4.59. The Kier molecular flexibility index (Phi) is 5.29. The predicted molar refractivity (Wildman–Crippen MR) is 79.7 cm³/mol. The largest absolute Gasteiger partial charge is 0.416 e. The van der Waals surface area contributed by atoms with E-state index in [2.05, 4.69) is 4.98 Å². The summed E-state index contributed by atoms with van der Waals surface area (Å²) in [4.78, 5) is 4.60. The second-order valence-corrected chi connectivity index (χ2v) is 6.80. The molecular weight excluding hydrogens is 317 g/mol. The van der Waals surface area contributed by atoms with Crippen molar-refractivity contribution in [1.29, 1.82) is 0 Å². The summed E-state index contributed by atoms with van der Waals surface area (Å²) < 4.78 is 40.3. The molecule has 0 saturated heterocycles. The maximum Gasteiger partial charge on any atom is 0.416 e. The van der Waals surface area contributed by atoms with Gasteiger partial charge in [0.15, 0.2) is 4.34 Å². The molecule has 0 spiro atoms. The van der Waals surface area contributed by atoms with Gasteiger partial charge in [-0.25, -0.2) is 4.98 Å². The number of thiazole rings is 1. The summed E-state index contributed by atoms with van der Waals surface area (Å²) in [5, 5.41) is 1.79. The molecule has 2 N–H and O–H groups in total. The van der Waals surface area contributed by atoms with Crippen molar-refractivity contribution in [1.82, 2.24) is 4.98 Å². The number of hydrogen-bond donors (Lipinski definition) is 1. The molecule has 0 saturated carbocycles. The van der Waals surface area contributed by atoms with Crippen molar-refractivity contribution in [3.8, 4) is 0 Å². The Hall–Kier alpha value is -1.05. The third-order valence-electron chi connectivity index (χ3n) is 3.01. The molecule has 0 aliphatic rings. The molecule has 0 aliphatic heterocycles. The maximum atomic E-state index is 13.2. The van der Waals surface area contributed by atoms with Crippen LogP contribution in [0, 0.1) is 0 Å². The molecule has 0 bridgehead atoms. The van der Waals surface area contributed by atoms with Crippen molar-refractivity contribution in [2.24, 2.45) is 5.73 Å². The van der Waals surface area contributed by atoms with Crippen molar-refractivity contribution in [2.45, 2.75) is 41.2 Å². The van der Waals surface area contributed by atoms with Crippen LogP contribution < -0.4 is 5.73 Å². The Morgan fingerprint density at radius 1 is 1.38 bits per heavy atom. The summed E-state index contributed by atoms with van der Waals surface area (Å²) in [6, 6.07) is 4.14. The van der Waals surface area contributed by atoms with E-state index >= 15 is 0 Å². The lowest BCUT2D eigenvalue weighted by Crippen LogP contribution is -2.23. The molecule has 2 rings (SSSR count). The molecular formula is C14H15F3N2S2.